The van der Waals surface area contributed by atoms with Crippen LogP contribution in [-0.4, -0.2) is 59.9 Å². The summed E-state index contributed by atoms with van der Waals surface area (Å²) in [6.45, 7) is 4.80. The molecule has 2 aromatic carbocycles. The maximum Gasteiger partial charge on any atom is 0.253 e. The quantitative estimate of drug-likeness (QED) is 0.767. The van der Waals surface area contributed by atoms with Gasteiger partial charge in [0.1, 0.15) is 6.10 Å². The Kier molecular flexibility index (Phi) is 7.05. The normalized spacial score (nSPS) is 18.4. The van der Waals surface area contributed by atoms with Crippen LogP contribution in [0.1, 0.15) is 43.0 Å². The molecule has 2 heterocycles. The van der Waals surface area contributed by atoms with Crippen molar-refractivity contribution in [2.45, 2.75) is 44.8 Å². The standard InChI is InChI=1S/C25H30FN3O3/c1-18(30)27-20-8-6-19(7-9-20)25(31)29-14-10-21(11-15-29)28-16-12-22(13-17-28)32-24-5-3-2-4-23(24)26/h2-9,21-22H,10-17H2,1H3,(H,27,30). The first-order chi connectivity index (χ1) is 15.5. The molecule has 0 saturated carbocycles. The van der Waals surface area contributed by atoms with E-state index in [2.05, 4.69) is 10.2 Å². The largest absolute Gasteiger partial charge is 0.487 e. The molecule has 1 N–H and O–H groups in total. The summed E-state index contributed by atoms with van der Waals surface area (Å²) < 4.78 is 19.7. The van der Waals surface area contributed by atoms with E-state index in [9.17, 15) is 14.0 Å². The van der Waals surface area contributed by atoms with Gasteiger partial charge in [0, 0.05) is 50.4 Å². The molecule has 4 rings (SSSR count). The van der Waals surface area contributed by atoms with E-state index in [0.717, 1.165) is 51.9 Å². The summed E-state index contributed by atoms with van der Waals surface area (Å²) in [6.07, 6.45) is 3.72. The lowest BCUT2D eigenvalue weighted by atomic mass is 9.98. The maximum absolute atomic E-state index is 13.8. The molecule has 0 bridgehead atoms. The number of hydrogen-bond acceptors (Lipinski definition) is 4. The van der Waals surface area contributed by atoms with Crippen LogP contribution in [0.25, 0.3) is 0 Å². The number of ether oxygens (including phenoxy) is 1. The summed E-state index contributed by atoms with van der Waals surface area (Å²) in [6, 6.07) is 14.1. The molecule has 2 aliphatic heterocycles. The summed E-state index contributed by atoms with van der Waals surface area (Å²) in [4.78, 5) is 28.4. The average Bonchev–Trinajstić information content (AvgIpc) is 2.81. The van der Waals surface area contributed by atoms with E-state index in [0.29, 0.717) is 23.0 Å². The molecule has 170 valence electrons. The third-order valence-electron chi connectivity index (χ3n) is 6.33. The summed E-state index contributed by atoms with van der Waals surface area (Å²) in [5, 5.41) is 2.72. The van der Waals surface area contributed by atoms with Crippen LogP contribution in [0.5, 0.6) is 5.75 Å². The minimum Gasteiger partial charge on any atom is -0.487 e. The first kappa shape index (κ1) is 22.3. The molecule has 2 aromatic rings. The number of carbonyl (C=O) groups excluding carboxylic acids is 2. The molecule has 2 amide bonds. The number of rotatable bonds is 5. The van der Waals surface area contributed by atoms with Gasteiger partial charge in [0.25, 0.3) is 5.91 Å². The number of halogens is 1. The summed E-state index contributed by atoms with van der Waals surface area (Å²) in [5.74, 6) is -0.0663. The number of nitrogens with zero attached hydrogens (tertiary/aromatic N) is 2. The second-order valence-corrected chi connectivity index (χ2v) is 8.57. The molecule has 2 fully saturated rings. The molecule has 2 aliphatic rings. The lowest BCUT2D eigenvalue weighted by Gasteiger charge is -2.41. The van der Waals surface area contributed by atoms with Gasteiger partial charge in [-0.3, -0.25) is 14.5 Å². The van der Waals surface area contributed by atoms with E-state index in [1.165, 1.54) is 13.0 Å². The number of likely N-dealkylation sites (tertiary alicyclic amines) is 2. The highest BCUT2D eigenvalue weighted by atomic mass is 19.1. The molecule has 0 aromatic heterocycles. The number of anilines is 1. The zero-order valence-electron chi connectivity index (χ0n) is 18.4. The Hall–Kier alpha value is -2.93. The second-order valence-electron chi connectivity index (χ2n) is 8.57. The Balaban J connectivity index is 1.23. The van der Waals surface area contributed by atoms with Crippen LogP contribution in [-0.2, 0) is 4.79 Å². The Morgan fingerprint density at radius 3 is 2.22 bits per heavy atom. The Bertz CT molecular complexity index is 934. The zero-order chi connectivity index (χ0) is 22.5. The van der Waals surface area contributed by atoms with E-state index in [1.807, 2.05) is 4.90 Å². The number of benzene rings is 2. The van der Waals surface area contributed by atoms with Gasteiger partial charge in [-0.1, -0.05) is 12.1 Å². The van der Waals surface area contributed by atoms with Gasteiger partial charge in [0.15, 0.2) is 11.6 Å². The first-order valence-electron chi connectivity index (χ1n) is 11.3. The highest BCUT2D eigenvalue weighted by Gasteiger charge is 2.30. The molecular formula is C25H30FN3O3. The van der Waals surface area contributed by atoms with Crippen molar-refractivity contribution in [3.05, 3.63) is 59.9 Å². The summed E-state index contributed by atoms with van der Waals surface area (Å²) in [5.41, 5.74) is 1.33. The number of hydrogen-bond donors (Lipinski definition) is 1. The van der Waals surface area contributed by atoms with Crippen LogP contribution in [0.2, 0.25) is 0 Å². The van der Waals surface area contributed by atoms with Crippen molar-refractivity contribution in [2.75, 3.05) is 31.5 Å². The molecule has 0 radical (unpaired) electrons. The van der Waals surface area contributed by atoms with Crippen LogP contribution < -0.4 is 10.1 Å². The van der Waals surface area contributed by atoms with Gasteiger partial charge in [0.05, 0.1) is 0 Å². The minimum absolute atomic E-state index is 0.0369. The molecule has 7 heteroatoms. The smallest absolute Gasteiger partial charge is 0.253 e. The monoisotopic (exact) mass is 439 g/mol. The van der Waals surface area contributed by atoms with E-state index < -0.39 is 0 Å². The zero-order valence-corrected chi connectivity index (χ0v) is 18.4. The maximum atomic E-state index is 13.8. The second kappa shape index (κ2) is 10.1. The fourth-order valence-electron chi connectivity index (χ4n) is 4.59. The van der Waals surface area contributed by atoms with Crippen molar-refractivity contribution in [2.24, 2.45) is 0 Å². The third-order valence-corrected chi connectivity index (χ3v) is 6.33. The Morgan fingerprint density at radius 2 is 1.59 bits per heavy atom. The van der Waals surface area contributed by atoms with Crippen LogP contribution in [0.15, 0.2) is 48.5 Å². The third kappa shape index (κ3) is 5.46. The average molecular weight is 440 g/mol. The van der Waals surface area contributed by atoms with Gasteiger partial charge in [0.2, 0.25) is 5.91 Å². The molecule has 6 nitrogen and oxygen atoms in total. The number of piperidine rings is 2. The van der Waals surface area contributed by atoms with E-state index >= 15 is 0 Å². The van der Waals surface area contributed by atoms with Crippen molar-refractivity contribution in [1.82, 2.24) is 9.80 Å². The van der Waals surface area contributed by atoms with E-state index in [1.54, 1.807) is 42.5 Å². The van der Waals surface area contributed by atoms with Gasteiger partial charge in [-0.25, -0.2) is 4.39 Å². The molecule has 32 heavy (non-hydrogen) atoms. The highest BCUT2D eigenvalue weighted by molar-refractivity contribution is 5.95. The summed E-state index contributed by atoms with van der Waals surface area (Å²) >= 11 is 0. The highest BCUT2D eigenvalue weighted by Crippen LogP contribution is 2.26. The van der Waals surface area contributed by atoms with E-state index in [4.69, 9.17) is 4.74 Å². The van der Waals surface area contributed by atoms with Crippen LogP contribution in [0.3, 0.4) is 0 Å². The fraction of sp³-hybridized carbons (Fsp3) is 0.440. The van der Waals surface area contributed by atoms with Crippen molar-refractivity contribution in [1.29, 1.82) is 0 Å². The molecule has 0 aliphatic carbocycles. The topological polar surface area (TPSA) is 61.9 Å². The molecule has 0 unspecified atom stereocenters. The fourth-order valence-corrected chi connectivity index (χ4v) is 4.59. The summed E-state index contributed by atoms with van der Waals surface area (Å²) in [7, 11) is 0. The first-order valence-corrected chi connectivity index (χ1v) is 11.3. The predicted molar refractivity (Wildman–Crippen MR) is 121 cm³/mol. The van der Waals surface area contributed by atoms with Gasteiger partial charge >= 0.3 is 0 Å². The molecule has 0 spiro atoms. The van der Waals surface area contributed by atoms with Crippen molar-refractivity contribution >= 4 is 17.5 Å². The Labute approximate surface area is 188 Å². The number of para-hydroxylation sites is 1. The van der Waals surface area contributed by atoms with Crippen molar-refractivity contribution in [3.63, 3.8) is 0 Å². The van der Waals surface area contributed by atoms with Gasteiger partial charge in [-0.15, -0.1) is 0 Å². The molecule has 0 atom stereocenters. The van der Waals surface area contributed by atoms with Gasteiger partial charge in [-0.2, -0.15) is 0 Å². The van der Waals surface area contributed by atoms with Crippen LogP contribution in [0, 0.1) is 5.82 Å². The van der Waals surface area contributed by atoms with Crippen molar-refractivity contribution in [3.8, 4) is 5.75 Å². The van der Waals surface area contributed by atoms with Crippen LogP contribution in [0.4, 0.5) is 10.1 Å². The van der Waals surface area contributed by atoms with Gasteiger partial charge in [-0.05, 0) is 62.1 Å². The molecule has 2 saturated heterocycles. The Morgan fingerprint density at radius 1 is 0.938 bits per heavy atom. The molecular weight excluding hydrogens is 409 g/mol. The minimum atomic E-state index is -0.309. The number of nitrogens with one attached hydrogen (secondary N) is 1. The van der Waals surface area contributed by atoms with E-state index in [-0.39, 0.29) is 23.7 Å². The van der Waals surface area contributed by atoms with Crippen molar-refractivity contribution < 1.29 is 18.7 Å². The lowest BCUT2D eigenvalue weighted by Crippen LogP contribution is -2.50. The lowest BCUT2D eigenvalue weighted by molar-refractivity contribution is -0.114. The predicted octanol–water partition coefficient (Wildman–Crippen LogP) is 3.93. The SMILES string of the molecule is CC(=O)Nc1ccc(C(=O)N2CCC(N3CCC(Oc4ccccc4F)CC3)CC2)cc1. The van der Waals surface area contributed by atoms with Gasteiger partial charge < -0.3 is 15.0 Å². The number of carbonyl (C=O) groups is 2. The van der Waals surface area contributed by atoms with Crippen LogP contribution >= 0.6 is 0 Å². The number of amides is 2.